The van der Waals surface area contributed by atoms with E-state index in [1.807, 2.05) is 12.3 Å². The van der Waals surface area contributed by atoms with Crippen LogP contribution in [0.25, 0.3) is 0 Å². The molecule has 2 aliphatic heterocycles. The lowest BCUT2D eigenvalue weighted by molar-refractivity contribution is -0.102. The fourth-order valence-electron chi connectivity index (χ4n) is 6.45. The zero-order valence-corrected chi connectivity index (χ0v) is 13.1. The summed E-state index contributed by atoms with van der Waals surface area (Å²) in [6.45, 7) is 0.924. The zero-order valence-electron chi connectivity index (χ0n) is 13.1. The van der Waals surface area contributed by atoms with Crippen LogP contribution in [0, 0.1) is 29.6 Å². The van der Waals surface area contributed by atoms with Crippen molar-refractivity contribution in [3.63, 3.8) is 0 Å². The monoisotopic (exact) mass is 302 g/mol. The first-order valence-electron chi connectivity index (χ1n) is 9.16. The van der Waals surface area contributed by atoms with Crippen LogP contribution in [-0.2, 0) is 9.47 Å². The lowest BCUT2D eigenvalue weighted by Gasteiger charge is -2.44. The van der Waals surface area contributed by atoms with Crippen molar-refractivity contribution in [2.24, 2.45) is 29.6 Å². The van der Waals surface area contributed by atoms with E-state index in [2.05, 4.69) is 6.08 Å². The van der Waals surface area contributed by atoms with Crippen LogP contribution < -0.4 is 0 Å². The Morgan fingerprint density at radius 1 is 1.00 bits per heavy atom. The van der Waals surface area contributed by atoms with Crippen molar-refractivity contribution >= 4 is 0 Å². The summed E-state index contributed by atoms with van der Waals surface area (Å²) in [5.41, 5.74) is 1.37. The number of hydrogen-bond acceptors (Lipinski definition) is 3. The van der Waals surface area contributed by atoms with E-state index >= 15 is 0 Å². The SMILES string of the molecule is OC1C2C3=CC=COC3CCC2C2CCC3OCCCC3C12. The normalized spacial score (nSPS) is 52.7. The van der Waals surface area contributed by atoms with Crippen LogP contribution in [0.3, 0.4) is 0 Å². The second-order valence-electron chi connectivity index (χ2n) is 7.91. The van der Waals surface area contributed by atoms with Gasteiger partial charge in [0.25, 0.3) is 0 Å². The highest BCUT2D eigenvalue weighted by Crippen LogP contribution is 2.59. The van der Waals surface area contributed by atoms with E-state index in [1.54, 1.807) is 0 Å². The second-order valence-corrected chi connectivity index (χ2v) is 7.91. The van der Waals surface area contributed by atoms with Gasteiger partial charge in [0.05, 0.1) is 18.5 Å². The van der Waals surface area contributed by atoms with E-state index in [4.69, 9.17) is 9.47 Å². The predicted octanol–water partition coefficient (Wildman–Crippen LogP) is 3.05. The van der Waals surface area contributed by atoms with Crippen LogP contribution in [0.4, 0.5) is 0 Å². The molecular formula is C19H26O3. The molecule has 0 bridgehead atoms. The lowest BCUT2D eigenvalue weighted by atomic mass is 9.66. The Hall–Kier alpha value is -0.800. The van der Waals surface area contributed by atoms with E-state index in [0.29, 0.717) is 35.7 Å². The third-order valence-electron chi connectivity index (χ3n) is 7.17. The summed E-state index contributed by atoms with van der Waals surface area (Å²) >= 11 is 0. The molecule has 0 aromatic heterocycles. The molecule has 5 rings (SSSR count). The molecular weight excluding hydrogens is 276 g/mol. The number of rotatable bonds is 0. The molecule has 120 valence electrons. The molecule has 5 aliphatic rings. The molecule has 8 unspecified atom stereocenters. The van der Waals surface area contributed by atoms with Crippen LogP contribution in [0.2, 0.25) is 0 Å². The van der Waals surface area contributed by atoms with Crippen molar-refractivity contribution in [2.75, 3.05) is 6.61 Å². The minimum Gasteiger partial charge on any atom is -0.494 e. The van der Waals surface area contributed by atoms with Crippen LogP contribution >= 0.6 is 0 Å². The van der Waals surface area contributed by atoms with Gasteiger partial charge in [0, 0.05) is 12.5 Å². The van der Waals surface area contributed by atoms with Crippen LogP contribution in [0.5, 0.6) is 0 Å². The molecule has 1 N–H and O–H groups in total. The summed E-state index contributed by atoms with van der Waals surface area (Å²) < 4.78 is 11.9. The first-order chi connectivity index (χ1) is 10.8. The molecule has 0 radical (unpaired) electrons. The van der Waals surface area contributed by atoms with Gasteiger partial charge in [-0.2, -0.15) is 0 Å². The summed E-state index contributed by atoms with van der Waals surface area (Å²) in [6.07, 6.45) is 13.7. The topological polar surface area (TPSA) is 38.7 Å². The Labute approximate surface area is 132 Å². The highest BCUT2D eigenvalue weighted by atomic mass is 16.5. The number of aliphatic hydroxyl groups is 1. The van der Waals surface area contributed by atoms with E-state index < -0.39 is 0 Å². The van der Waals surface area contributed by atoms with Crippen LogP contribution in [0.1, 0.15) is 38.5 Å². The lowest BCUT2D eigenvalue weighted by Crippen LogP contribution is -2.44. The first kappa shape index (κ1) is 13.6. The molecule has 0 spiro atoms. The van der Waals surface area contributed by atoms with Gasteiger partial charge in [-0.15, -0.1) is 0 Å². The molecule has 4 fully saturated rings. The summed E-state index contributed by atoms with van der Waals surface area (Å²) in [6, 6.07) is 0. The average molecular weight is 302 g/mol. The predicted molar refractivity (Wildman–Crippen MR) is 83.0 cm³/mol. The van der Waals surface area contributed by atoms with Crippen LogP contribution in [0.15, 0.2) is 24.0 Å². The fraction of sp³-hybridized carbons (Fsp3) is 0.789. The number of ether oxygens (including phenoxy) is 2. The molecule has 3 heteroatoms. The molecule has 0 aromatic carbocycles. The van der Waals surface area contributed by atoms with Crippen molar-refractivity contribution in [2.45, 2.75) is 56.8 Å². The Balaban J connectivity index is 1.50. The van der Waals surface area contributed by atoms with Gasteiger partial charge in [0.1, 0.15) is 6.10 Å². The summed E-state index contributed by atoms with van der Waals surface area (Å²) in [4.78, 5) is 0. The second kappa shape index (κ2) is 5.10. The summed E-state index contributed by atoms with van der Waals surface area (Å²) in [5.74, 6) is 2.75. The maximum absolute atomic E-state index is 11.2. The van der Waals surface area contributed by atoms with E-state index in [0.717, 1.165) is 13.0 Å². The minimum absolute atomic E-state index is 0.186. The van der Waals surface area contributed by atoms with Gasteiger partial charge in [-0.05, 0) is 73.8 Å². The maximum atomic E-state index is 11.2. The highest BCUT2D eigenvalue weighted by Gasteiger charge is 2.58. The minimum atomic E-state index is -0.186. The average Bonchev–Trinajstić information content (AvgIpc) is 2.88. The van der Waals surface area contributed by atoms with Gasteiger partial charge in [-0.1, -0.05) is 6.08 Å². The fourth-order valence-corrected chi connectivity index (χ4v) is 6.45. The molecule has 8 atom stereocenters. The maximum Gasteiger partial charge on any atom is 0.120 e. The molecule has 0 aromatic rings. The van der Waals surface area contributed by atoms with Gasteiger partial charge < -0.3 is 14.6 Å². The van der Waals surface area contributed by atoms with E-state index in [-0.39, 0.29) is 12.2 Å². The van der Waals surface area contributed by atoms with Gasteiger partial charge in [-0.3, -0.25) is 0 Å². The Morgan fingerprint density at radius 2 is 1.91 bits per heavy atom. The van der Waals surface area contributed by atoms with E-state index in [1.165, 1.54) is 37.7 Å². The Bertz CT molecular complexity index is 511. The molecule has 3 nitrogen and oxygen atoms in total. The zero-order chi connectivity index (χ0) is 14.7. The molecule has 22 heavy (non-hydrogen) atoms. The van der Waals surface area contributed by atoms with Crippen molar-refractivity contribution in [1.82, 2.24) is 0 Å². The molecule has 1 saturated heterocycles. The summed E-state index contributed by atoms with van der Waals surface area (Å²) in [7, 11) is 0. The smallest absolute Gasteiger partial charge is 0.120 e. The quantitative estimate of drug-likeness (QED) is 0.747. The van der Waals surface area contributed by atoms with E-state index in [9.17, 15) is 5.11 Å². The first-order valence-corrected chi connectivity index (χ1v) is 9.16. The standard InChI is InChI=1S/C19H26O3/c20-19-17-11(5-7-15-13(17)3-1-9-21-15)12-6-8-16-14(18(12)19)4-2-10-22-16/h1,3,9,11-12,14-20H,2,4-8,10H2. The molecule has 3 aliphatic carbocycles. The van der Waals surface area contributed by atoms with Crippen molar-refractivity contribution in [3.8, 4) is 0 Å². The Morgan fingerprint density at radius 3 is 2.86 bits per heavy atom. The molecule has 2 heterocycles. The highest BCUT2D eigenvalue weighted by molar-refractivity contribution is 5.29. The van der Waals surface area contributed by atoms with Crippen molar-refractivity contribution < 1.29 is 14.6 Å². The number of hydrogen-bond donors (Lipinski definition) is 1. The summed E-state index contributed by atoms with van der Waals surface area (Å²) in [5, 5.41) is 11.2. The number of allylic oxidation sites excluding steroid dienone is 2. The van der Waals surface area contributed by atoms with Gasteiger partial charge in [0.2, 0.25) is 0 Å². The van der Waals surface area contributed by atoms with Crippen LogP contribution in [-0.4, -0.2) is 30.0 Å². The third-order valence-corrected chi connectivity index (χ3v) is 7.17. The molecule has 3 saturated carbocycles. The van der Waals surface area contributed by atoms with Gasteiger partial charge >= 0.3 is 0 Å². The van der Waals surface area contributed by atoms with Gasteiger partial charge in [0.15, 0.2) is 0 Å². The Kier molecular flexibility index (Phi) is 3.16. The molecule has 0 amide bonds. The van der Waals surface area contributed by atoms with Gasteiger partial charge in [-0.25, -0.2) is 0 Å². The number of aliphatic hydroxyl groups excluding tert-OH is 1. The van der Waals surface area contributed by atoms with Crippen molar-refractivity contribution in [1.29, 1.82) is 0 Å². The largest absolute Gasteiger partial charge is 0.494 e. The number of fused-ring (bicyclic) bond motifs is 7. The third kappa shape index (κ3) is 1.81. The van der Waals surface area contributed by atoms with Crippen molar-refractivity contribution in [3.05, 3.63) is 24.0 Å².